The molecule has 0 aliphatic carbocycles. The molecule has 0 saturated carbocycles. The lowest BCUT2D eigenvalue weighted by molar-refractivity contribution is -0.139. The first-order valence-electron chi connectivity index (χ1n) is 6.40. The summed E-state index contributed by atoms with van der Waals surface area (Å²) >= 11 is 0. The summed E-state index contributed by atoms with van der Waals surface area (Å²) in [6, 6.07) is 13.3. The van der Waals surface area contributed by atoms with Gasteiger partial charge in [-0.15, -0.1) is 0 Å². The van der Waals surface area contributed by atoms with E-state index in [4.69, 9.17) is 0 Å². The second-order valence-electron chi connectivity index (χ2n) is 4.53. The normalized spacial score (nSPS) is 11.7. The first-order valence-corrected chi connectivity index (χ1v) is 6.40. The molecule has 1 atom stereocenters. The molecule has 0 fully saturated rings. The molecule has 0 aliphatic heterocycles. The van der Waals surface area contributed by atoms with Gasteiger partial charge < -0.3 is 10.4 Å². The SMILES string of the molecule is O=C(N[C@H](Cc1ccccc1)C(=O)O)c1ccccc1F. The number of hydrogen-bond donors (Lipinski definition) is 2. The number of carbonyl (C=O) groups excluding carboxylic acids is 1. The highest BCUT2D eigenvalue weighted by Gasteiger charge is 2.22. The Balaban J connectivity index is 2.12. The third-order valence-electron chi connectivity index (χ3n) is 3.00. The van der Waals surface area contributed by atoms with Gasteiger partial charge in [0.1, 0.15) is 11.9 Å². The van der Waals surface area contributed by atoms with Crippen molar-refractivity contribution in [2.24, 2.45) is 0 Å². The Morgan fingerprint density at radius 1 is 1.05 bits per heavy atom. The highest BCUT2D eigenvalue weighted by molar-refractivity contribution is 5.96. The van der Waals surface area contributed by atoms with E-state index in [0.717, 1.165) is 11.6 Å². The molecule has 2 rings (SSSR count). The molecule has 0 unspecified atom stereocenters. The molecule has 108 valence electrons. The van der Waals surface area contributed by atoms with Gasteiger partial charge >= 0.3 is 5.97 Å². The van der Waals surface area contributed by atoms with Crippen molar-refractivity contribution < 1.29 is 19.1 Å². The molecule has 0 aliphatic rings. The molecule has 2 N–H and O–H groups in total. The quantitative estimate of drug-likeness (QED) is 0.886. The molecule has 0 heterocycles. The molecule has 1 amide bonds. The lowest BCUT2D eigenvalue weighted by atomic mass is 10.1. The Hall–Kier alpha value is -2.69. The highest BCUT2D eigenvalue weighted by Crippen LogP contribution is 2.08. The van der Waals surface area contributed by atoms with Crippen molar-refractivity contribution in [3.8, 4) is 0 Å². The smallest absolute Gasteiger partial charge is 0.326 e. The molecule has 21 heavy (non-hydrogen) atoms. The number of amides is 1. The van der Waals surface area contributed by atoms with Crippen LogP contribution in [0, 0.1) is 5.82 Å². The Morgan fingerprint density at radius 2 is 1.67 bits per heavy atom. The van der Waals surface area contributed by atoms with Gasteiger partial charge in [-0.25, -0.2) is 9.18 Å². The standard InChI is InChI=1S/C16H14FNO3/c17-13-9-5-4-8-12(13)15(19)18-14(16(20)21)10-11-6-2-1-3-7-11/h1-9,14H,10H2,(H,18,19)(H,20,21)/t14-/m1/s1. The molecule has 0 radical (unpaired) electrons. The molecular weight excluding hydrogens is 273 g/mol. The van der Waals surface area contributed by atoms with E-state index >= 15 is 0 Å². The summed E-state index contributed by atoms with van der Waals surface area (Å²) in [5, 5.41) is 11.5. The third-order valence-corrected chi connectivity index (χ3v) is 3.00. The van der Waals surface area contributed by atoms with E-state index in [9.17, 15) is 19.1 Å². The van der Waals surface area contributed by atoms with Crippen molar-refractivity contribution in [1.82, 2.24) is 5.32 Å². The van der Waals surface area contributed by atoms with Gasteiger partial charge in [0.15, 0.2) is 0 Å². The number of rotatable bonds is 5. The fourth-order valence-corrected chi connectivity index (χ4v) is 1.93. The van der Waals surface area contributed by atoms with Crippen LogP contribution in [-0.2, 0) is 11.2 Å². The third kappa shape index (κ3) is 3.89. The van der Waals surface area contributed by atoms with E-state index in [1.54, 1.807) is 24.3 Å². The Labute approximate surface area is 121 Å². The summed E-state index contributed by atoms with van der Waals surface area (Å²) in [5.41, 5.74) is 0.607. The molecule has 0 bridgehead atoms. The zero-order valence-corrected chi connectivity index (χ0v) is 11.1. The fourth-order valence-electron chi connectivity index (χ4n) is 1.93. The monoisotopic (exact) mass is 287 g/mol. The van der Waals surface area contributed by atoms with Crippen molar-refractivity contribution in [3.05, 3.63) is 71.5 Å². The van der Waals surface area contributed by atoms with Gasteiger partial charge in [0, 0.05) is 6.42 Å². The van der Waals surface area contributed by atoms with Crippen molar-refractivity contribution in [2.75, 3.05) is 0 Å². The molecule has 0 spiro atoms. The van der Waals surface area contributed by atoms with Crippen LogP contribution in [0.25, 0.3) is 0 Å². The first-order chi connectivity index (χ1) is 10.1. The average Bonchev–Trinajstić information content (AvgIpc) is 2.48. The topological polar surface area (TPSA) is 66.4 Å². The van der Waals surface area contributed by atoms with Crippen LogP contribution in [0.15, 0.2) is 54.6 Å². The van der Waals surface area contributed by atoms with Crippen LogP contribution in [0.3, 0.4) is 0 Å². The summed E-state index contributed by atoms with van der Waals surface area (Å²) in [6.45, 7) is 0. The van der Waals surface area contributed by atoms with Gasteiger partial charge in [0.2, 0.25) is 0 Å². The molecule has 5 heteroatoms. The number of nitrogens with one attached hydrogen (secondary N) is 1. The highest BCUT2D eigenvalue weighted by atomic mass is 19.1. The number of benzene rings is 2. The lowest BCUT2D eigenvalue weighted by Crippen LogP contribution is -2.42. The van der Waals surface area contributed by atoms with Crippen molar-refractivity contribution in [3.63, 3.8) is 0 Å². The largest absolute Gasteiger partial charge is 0.480 e. The summed E-state index contributed by atoms with van der Waals surface area (Å²) in [4.78, 5) is 23.2. The number of carboxylic acids is 1. The van der Waals surface area contributed by atoms with Gasteiger partial charge in [0.05, 0.1) is 5.56 Å². The molecule has 4 nitrogen and oxygen atoms in total. The molecular formula is C16H14FNO3. The zero-order chi connectivity index (χ0) is 15.2. The van der Waals surface area contributed by atoms with Gasteiger partial charge in [0.25, 0.3) is 5.91 Å². The maximum absolute atomic E-state index is 13.5. The van der Waals surface area contributed by atoms with Crippen molar-refractivity contribution in [2.45, 2.75) is 12.5 Å². The van der Waals surface area contributed by atoms with Crippen LogP contribution in [0.4, 0.5) is 4.39 Å². The first kappa shape index (κ1) is 14.7. The number of carbonyl (C=O) groups is 2. The summed E-state index contributed by atoms with van der Waals surface area (Å²) in [7, 11) is 0. The Bertz CT molecular complexity index is 643. The molecule has 0 saturated heterocycles. The number of halogens is 1. The summed E-state index contributed by atoms with van der Waals surface area (Å²) in [5.74, 6) is -2.58. The maximum atomic E-state index is 13.5. The van der Waals surface area contributed by atoms with Gasteiger partial charge in [-0.1, -0.05) is 42.5 Å². The Morgan fingerprint density at radius 3 is 2.29 bits per heavy atom. The van der Waals surface area contributed by atoms with Crippen LogP contribution in [-0.4, -0.2) is 23.0 Å². The van der Waals surface area contributed by atoms with Crippen molar-refractivity contribution in [1.29, 1.82) is 0 Å². The zero-order valence-electron chi connectivity index (χ0n) is 11.1. The van der Waals surface area contributed by atoms with E-state index in [0.29, 0.717) is 0 Å². The van der Waals surface area contributed by atoms with Crippen molar-refractivity contribution >= 4 is 11.9 Å². The minimum absolute atomic E-state index is 0.135. The van der Waals surface area contributed by atoms with Crippen LogP contribution in [0.5, 0.6) is 0 Å². The minimum Gasteiger partial charge on any atom is -0.480 e. The summed E-state index contributed by atoms with van der Waals surface area (Å²) < 4.78 is 13.5. The average molecular weight is 287 g/mol. The van der Waals surface area contributed by atoms with E-state index in [2.05, 4.69) is 5.32 Å². The van der Waals surface area contributed by atoms with Gasteiger partial charge in [-0.3, -0.25) is 4.79 Å². The molecule has 0 aromatic heterocycles. The maximum Gasteiger partial charge on any atom is 0.326 e. The predicted octanol–water partition coefficient (Wildman–Crippen LogP) is 2.25. The van der Waals surface area contributed by atoms with E-state index < -0.39 is 23.7 Å². The fraction of sp³-hybridized carbons (Fsp3) is 0.125. The van der Waals surface area contributed by atoms with E-state index in [-0.39, 0.29) is 12.0 Å². The number of aliphatic carboxylic acids is 1. The molecule has 2 aromatic carbocycles. The van der Waals surface area contributed by atoms with Crippen LogP contribution in [0.1, 0.15) is 15.9 Å². The van der Waals surface area contributed by atoms with Crippen LogP contribution < -0.4 is 5.32 Å². The van der Waals surface area contributed by atoms with Crippen LogP contribution in [0.2, 0.25) is 0 Å². The predicted molar refractivity (Wildman–Crippen MR) is 75.4 cm³/mol. The van der Waals surface area contributed by atoms with Crippen LogP contribution >= 0.6 is 0 Å². The van der Waals surface area contributed by atoms with Gasteiger partial charge in [-0.2, -0.15) is 0 Å². The minimum atomic E-state index is -1.16. The number of carboxylic acid groups (broad SMARTS) is 1. The summed E-state index contributed by atoms with van der Waals surface area (Å²) in [6.07, 6.45) is 0.135. The van der Waals surface area contributed by atoms with E-state index in [1.807, 2.05) is 6.07 Å². The van der Waals surface area contributed by atoms with E-state index in [1.165, 1.54) is 18.2 Å². The molecule has 2 aromatic rings. The van der Waals surface area contributed by atoms with Gasteiger partial charge in [-0.05, 0) is 17.7 Å². The second-order valence-corrected chi connectivity index (χ2v) is 4.53. The lowest BCUT2D eigenvalue weighted by Gasteiger charge is -2.15. The second kappa shape index (κ2) is 6.65. The number of hydrogen-bond acceptors (Lipinski definition) is 2. The Kier molecular flexibility index (Phi) is 4.66.